The van der Waals surface area contributed by atoms with E-state index in [1.807, 2.05) is 32.0 Å². The number of ether oxygens (including phenoxy) is 2. The van der Waals surface area contributed by atoms with Crippen LogP contribution in [0.2, 0.25) is 0 Å². The Balaban J connectivity index is 2.01. The lowest BCUT2D eigenvalue weighted by atomic mass is 10.1. The number of aliphatic carboxylic acids is 1. The third-order valence-electron chi connectivity index (χ3n) is 4.20. The molecule has 2 rings (SSSR count). The van der Waals surface area contributed by atoms with Gasteiger partial charge in [0.05, 0.1) is 18.6 Å². The molecule has 25 heavy (non-hydrogen) atoms. The van der Waals surface area contributed by atoms with Gasteiger partial charge in [0.2, 0.25) is 5.91 Å². The van der Waals surface area contributed by atoms with Crippen LogP contribution >= 0.6 is 0 Å². The molecule has 0 aliphatic carbocycles. The quantitative estimate of drug-likeness (QED) is 0.744. The average molecular weight is 350 g/mol. The largest absolute Gasteiger partial charge is 0.486 e. The number of carbonyl (C=O) groups is 2. The Labute approximate surface area is 147 Å². The molecule has 138 valence electrons. The second kappa shape index (κ2) is 8.71. The Kier molecular flexibility index (Phi) is 6.64. The lowest BCUT2D eigenvalue weighted by Crippen LogP contribution is -2.47. The number of rotatable bonds is 8. The summed E-state index contributed by atoms with van der Waals surface area (Å²) in [5.74, 6) is 0.249. The zero-order valence-corrected chi connectivity index (χ0v) is 14.9. The number of hydrogen-bond donors (Lipinski definition) is 2. The number of fused-ring (bicyclic) bond motifs is 1. The molecule has 0 spiro atoms. The fourth-order valence-corrected chi connectivity index (χ4v) is 2.78. The molecule has 2 unspecified atom stereocenters. The van der Waals surface area contributed by atoms with Gasteiger partial charge in [-0.15, -0.1) is 0 Å². The first kappa shape index (κ1) is 19.1. The van der Waals surface area contributed by atoms with E-state index in [0.29, 0.717) is 31.3 Å². The third kappa shape index (κ3) is 5.09. The van der Waals surface area contributed by atoms with Crippen LogP contribution in [-0.4, -0.2) is 54.2 Å². The molecular weight excluding hydrogens is 324 g/mol. The van der Waals surface area contributed by atoms with Crippen molar-refractivity contribution >= 4 is 11.9 Å². The van der Waals surface area contributed by atoms with Crippen molar-refractivity contribution in [1.82, 2.24) is 10.2 Å². The van der Waals surface area contributed by atoms with E-state index in [2.05, 4.69) is 5.32 Å². The Hall–Kier alpha value is -2.28. The third-order valence-corrected chi connectivity index (χ3v) is 4.20. The van der Waals surface area contributed by atoms with Crippen molar-refractivity contribution in [2.45, 2.75) is 39.3 Å². The van der Waals surface area contributed by atoms with Crippen LogP contribution in [0, 0.1) is 0 Å². The fraction of sp³-hybridized carbons (Fsp3) is 0.556. The number of hydrogen-bond acceptors (Lipinski definition) is 5. The summed E-state index contributed by atoms with van der Waals surface area (Å²) in [6.07, 6.45) is 0.780. The maximum absolute atomic E-state index is 12.5. The highest BCUT2D eigenvalue weighted by Gasteiger charge is 2.24. The van der Waals surface area contributed by atoms with E-state index in [4.69, 9.17) is 14.6 Å². The standard InChI is InChI=1S/C18H26N2O5/c1-4-7-20(11-17(21)22)13(3)18(23)19-12(2)14-5-6-15-16(10-14)25-9-8-24-15/h5-6,10,12-13H,4,7-9,11H2,1-3H3,(H,19,23)(H,21,22). The van der Waals surface area contributed by atoms with Crippen molar-refractivity contribution in [2.75, 3.05) is 26.3 Å². The SMILES string of the molecule is CCCN(CC(=O)O)C(C)C(=O)NC(C)c1ccc2c(c1)OCCO2. The maximum atomic E-state index is 12.5. The summed E-state index contributed by atoms with van der Waals surface area (Å²) in [4.78, 5) is 25.2. The lowest BCUT2D eigenvalue weighted by molar-refractivity contribution is -0.140. The minimum absolute atomic E-state index is 0.152. The molecule has 1 aliphatic rings. The van der Waals surface area contributed by atoms with E-state index in [0.717, 1.165) is 12.0 Å². The Morgan fingerprint density at radius 3 is 2.56 bits per heavy atom. The molecule has 1 aromatic carbocycles. The van der Waals surface area contributed by atoms with Crippen LogP contribution in [0.15, 0.2) is 18.2 Å². The van der Waals surface area contributed by atoms with E-state index in [9.17, 15) is 9.59 Å². The van der Waals surface area contributed by atoms with Crippen molar-refractivity contribution in [3.63, 3.8) is 0 Å². The first-order chi connectivity index (χ1) is 11.9. The van der Waals surface area contributed by atoms with Gasteiger partial charge in [0.15, 0.2) is 11.5 Å². The van der Waals surface area contributed by atoms with Gasteiger partial charge in [0, 0.05) is 0 Å². The van der Waals surface area contributed by atoms with Crippen LogP contribution in [0.3, 0.4) is 0 Å². The summed E-state index contributed by atoms with van der Waals surface area (Å²) in [7, 11) is 0. The summed E-state index contributed by atoms with van der Waals surface area (Å²) < 4.78 is 11.1. The van der Waals surface area contributed by atoms with Crippen LogP contribution in [0.25, 0.3) is 0 Å². The topological polar surface area (TPSA) is 88.1 Å². The van der Waals surface area contributed by atoms with Crippen LogP contribution in [0.1, 0.15) is 38.8 Å². The Bertz CT molecular complexity index is 619. The van der Waals surface area contributed by atoms with Gasteiger partial charge in [-0.05, 0) is 44.5 Å². The summed E-state index contributed by atoms with van der Waals surface area (Å²) in [6.45, 7) is 7.02. The predicted molar refractivity (Wildman–Crippen MR) is 93.0 cm³/mol. The zero-order valence-electron chi connectivity index (χ0n) is 14.9. The summed E-state index contributed by atoms with van der Waals surface area (Å²) in [5, 5.41) is 12.0. The highest BCUT2D eigenvalue weighted by atomic mass is 16.6. The van der Waals surface area contributed by atoms with Gasteiger partial charge < -0.3 is 19.9 Å². The lowest BCUT2D eigenvalue weighted by Gasteiger charge is -2.28. The van der Waals surface area contributed by atoms with Gasteiger partial charge in [0.1, 0.15) is 13.2 Å². The molecule has 1 aliphatic heterocycles. The van der Waals surface area contributed by atoms with Crippen molar-refractivity contribution in [1.29, 1.82) is 0 Å². The smallest absolute Gasteiger partial charge is 0.317 e. The molecule has 0 bridgehead atoms. The highest BCUT2D eigenvalue weighted by Crippen LogP contribution is 2.32. The second-order valence-corrected chi connectivity index (χ2v) is 6.17. The van der Waals surface area contributed by atoms with Gasteiger partial charge in [-0.3, -0.25) is 14.5 Å². The normalized spacial score (nSPS) is 15.5. The van der Waals surface area contributed by atoms with Gasteiger partial charge >= 0.3 is 5.97 Å². The molecule has 1 heterocycles. The molecular formula is C18H26N2O5. The monoisotopic (exact) mass is 350 g/mol. The summed E-state index contributed by atoms with van der Waals surface area (Å²) >= 11 is 0. The highest BCUT2D eigenvalue weighted by molar-refractivity contribution is 5.82. The van der Waals surface area contributed by atoms with E-state index in [-0.39, 0.29) is 18.5 Å². The van der Waals surface area contributed by atoms with Gasteiger partial charge in [0.25, 0.3) is 0 Å². The maximum Gasteiger partial charge on any atom is 0.317 e. The van der Waals surface area contributed by atoms with Gasteiger partial charge in [-0.1, -0.05) is 13.0 Å². The minimum atomic E-state index is -0.937. The van der Waals surface area contributed by atoms with Crippen LogP contribution in [0.5, 0.6) is 11.5 Å². The molecule has 0 radical (unpaired) electrons. The summed E-state index contributed by atoms with van der Waals surface area (Å²) in [6, 6.07) is 4.86. The number of carbonyl (C=O) groups excluding carboxylic acids is 1. The minimum Gasteiger partial charge on any atom is -0.486 e. The van der Waals surface area contributed by atoms with Gasteiger partial charge in [-0.2, -0.15) is 0 Å². The number of benzene rings is 1. The molecule has 1 aromatic rings. The fourth-order valence-electron chi connectivity index (χ4n) is 2.78. The van der Waals surface area contributed by atoms with E-state index in [1.54, 1.807) is 11.8 Å². The molecule has 2 atom stereocenters. The second-order valence-electron chi connectivity index (χ2n) is 6.17. The number of carboxylic acid groups (broad SMARTS) is 1. The van der Waals surface area contributed by atoms with E-state index < -0.39 is 12.0 Å². The predicted octanol–water partition coefficient (Wildman–Crippen LogP) is 1.82. The zero-order chi connectivity index (χ0) is 18.4. The first-order valence-electron chi connectivity index (χ1n) is 8.58. The van der Waals surface area contributed by atoms with Crippen LogP contribution in [0.4, 0.5) is 0 Å². The Morgan fingerprint density at radius 2 is 1.92 bits per heavy atom. The number of amides is 1. The molecule has 0 aromatic heterocycles. The van der Waals surface area contributed by atoms with E-state index in [1.165, 1.54) is 0 Å². The van der Waals surface area contributed by atoms with Crippen LogP contribution in [-0.2, 0) is 9.59 Å². The molecule has 0 saturated heterocycles. The molecule has 0 fully saturated rings. The number of nitrogens with zero attached hydrogens (tertiary/aromatic N) is 1. The molecule has 2 N–H and O–H groups in total. The number of nitrogens with one attached hydrogen (secondary N) is 1. The Morgan fingerprint density at radius 1 is 1.24 bits per heavy atom. The molecule has 7 heteroatoms. The van der Waals surface area contributed by atoms with Crippen molar-refractivity contribution in [2.24, 2.45) is 0 Å². The first-order valence-corrected chi connectivity index (χ1v) is 8.58. The number of carboxylic acids is 1. The van der Waals surface area contributed by atoms with Crippen molar-refractivity contribution in [3.05, 3.63) is 23.8 Å². The van der Waals surface area contributed by atoms with Crippen molar-refractivity contribution in [3.8, 4) is 11.5 Å². The molecule has 7 nitrogen and oxygen atoms in total. The van der Waals surface area contributed by atoms with Crippen LogP contribution < -0.4 is 14.8 Å². The van der Waals surface area contributed by atoms with Gasteiger partial charge in [-0.25, -0.2) is 0 Å². The average Bonchev–Trinajstić information content (AvgIpc) is 2.59. The molecule has 0 saturated carbocycles. The van der Waals surface area contributed by atoms with E-state index >= 15 is 0 Å². The summed E-state index contributed by atoms with van der Waals surface area (Å²) in [5.41, 5.74) is 0.907. The van der Waals surface area contributed by atoms with Crippen molar-refractivity contribution < 1.29 is 24.2 Å². The molecule has 1 amide bonds.